The highest BCUT2D eigenvalue weighted by atomic mass is 35.5. The number of halogens is 2. The van der Waals surface area contributed by atoms with E-state index in [9.17, 15) is 0 Å². The molecule has 2 aromatic rings. The first-order valence-corrected chi connectivity index (χ1v) is 9.00. The van der Waals surface area contributed by atoms with E-state index in [1.165, 1.54) is 0 Å². The molecule has 6 nitrogen and oxygen atoms in total. The van der Waals surface area contributed by atoms with Crippen LogP contribution >= 0.6 is 23.2 Å². The van der Waals surface area contributed by atoms with Gasteiger partial charge in [0, 0.05) is 31.9 Å². The Morgan fingerprint density at radius 2 is 1.88 bits per heavy atom. The third kappa shape index (κ3) is 5.59. The number of hydrogen-bond acceptors (Lipinski definition) is 5. The van der Waals surface area contributed by atoms with Gasteiger partial charge >= 0.3 is 0 Å². The molecule has 1 aliphatic rings. The second-order valence-corrected chi connectivity index (χ2v) is 6.43. The van der Waals surface area contributed by atoms with Crippen LogP contribution in [0.4, 0.5) is 0 Å². The number of morpholine rings is 1. The number of nitrogens with zero attached hydrogens (tertiary/aromatic N) is 3. The van der Waals surface area contributed by atoms with Gasteiger partial charge in [-0.2, -0.15) is 0 Å². The molecule has 3 rings (SSSR count). The van der Waals surface area contributed by atoms with Gasteiger partial charge in [-0.3, -0.25) is 4.90 Å². The highest BCUT2D eigenvalue weighted by Gasteiger charge is 2.09. The smallest absolute Gasteiger partial charge is 0.233 e. The summed E-state index contributed by atoms with van der Waals surface area (Å²) in [5.74, 6) is 0.544. The second kappa shape index (κ2) is 9.40. The van der Waals surface area contributed by atoms with Crippen molar-refractivity contribution in [2.24, 2.45) is 0 Å². The van der Waals surface area contributed by atoms with Gasteiger partial charge in [0.1, 0.15) is 6.61 Å². The van der Waals surface area contributed by atoms with Crippen LogP contribution in [0.25, 0.3) is 5.69 Å². The van der Waals surface area contributed by atoms with Gasteiger partial charge in [0.25, 0.3) is 0 Å². The van der Waals surface area contributed by atoms with Crippen molar-refractivity contribution < 1.29 is 14.2 Å². The van der Waals surface area contributed by atoms with Gasteiger partial charge in [0.15, 0.2) is 0 Å². The van der Waals surface area contributed by atoms with Crippen LogP contribution in [-0.4, -0.2) is 67.3 Å². The Morgan fingerprint density at radius 3 is 2.68 bits per heavy atom. The van der Waals surface area contributed by atoms with E-state index in [1.54, 1.807) is 22.9 Å². The number of hydrogen-bond donors (Lipinski definition) is 0. The fourth-order valence-electron chi connectivity index (χ4n) is 2.48. The molecule has 136 valence electrons. The SMILES string of the molecule is Clc1ccc(-n2ccc(OCCOCCN3CCOCC3)n2)cc1Cl. The summed E-state index contributed by atoms with van der Waals surface area (Å²) in [5, 5.41) is 5.37. The van der Waals surface area contributed by atoms with Crippen LogP contribution < -0.4 is 4.74 Å². The molecule has 0 atom stereocenters. The van der Waals surface area contributed by atoms with Crippen molar-refractivity contribution in [2.75, 3.05) is 52.7 Å². The highest BCUT2D eigenvalue weighted by Crippen LogP contribution is 2.24. The van der Waals surface area contributed by atoms with E-state index >= 15 is 0 Å². The summed E-state index contributed by atoms with van der Waals surface area (Å²) >= 11 is 12.0. The maximum absolute atomic E-state index is 6.03. The summed E-state index contributed by atoms with van der Waals surface area (Å²) in [6, 6.07) is 7.15. The summed E-state index contributed by atoms with van der Waals surface area (Å²) < 4.78 is 18.2. The van der Waals surface area contributed by atoms with E-state index < -0.39 is 0 Å². The molecule has 1 aliphatic heterocycles. The lowest BCUT2D eigenvalue weighted by molar-refractivity contribution is 0.0168. The maximum atomic E-state index is 6.03. The monoisotopic (exact) mass is 385 g/mol. The molecule has 0 saturated carbocycles. The lowest BCUT2D eigenvalue weighted by Gasteiger charge is -2.26. The minimum atomic E-state index is 0.460. The molecule has 0 spiro atoms. The van der Waals surface area contributed by atoms with Crippen molar-refractivity contribution >= 4 is 23.2 Å². The molecule has 1 aromatic carbocycles. The van der Waals surface area contributed by atoms with E-state index in [0.717, 1.165) is 38.5 Å². The minimum Gasteiger partial charge on any atom is -0.474 e. The zero-order valence-corrected chi connectivity index (χ0v) is 15.4. The Morgan fingerprint density at radius 1 is 1.04 bits per heavy atom. The molecule has 0 N–H and O–H groups in total. The molecule has 0 unspecified atom stereocenters. The van der Waals surface area contributed by atoms with E-state index in [1.807, 2.05) is 12.3 Å². The molecule has 0 amide bonds. The molecule has 8 heteroatoms. The Bertz CT molecular complexity index is 675. The Labute approximate surface area is 157 Å². The van der Waals surface area contributed by atoms with Crippen LogP contribution in [0, 0.1) is 0 Å². The van der Waals surface area contributed by atoms with Gasteiger partial charge in [-0.15, -0.1) is 5.10 Å². The van der Waals surface area contributed by atoms with Gasteiger partial charge < -0.3 is 14.2 Å². The van der Waals surface area contributed by atoms with Gasteiger partial charge in [-0.05, 0) is 18.2 Å². The third-order valence-corrected chi connectivity index (χ3v) is 4.60. The van der Waals surface area contributed by atoms with Crippen molar-refractivity contribution in [3.63, 3.8) is 0 Å². The van der Waals surface area contributed by atoms with Gasteiger partial charge in [-0.1, -0.05) is 23.2 Å². The van der Waals surface area contributed by atoms with E-state index in [2.05, 4.69) is 10.00 Å². The van der Waals surface area contributed by atoms with Crippen molar-refractivity contribution in [1.82, 2.24) is 14.7 Å². The number of aromatic nitrogens is 2. The van der Waals surface area contributed by atoms with Crippen molar-refractivity contribution in [3.05, 3.63) is 40.5 Å². The second-order valence-electron chi connectivity index (χ2n) is 5.61. The topological polar surface area (TPSA) is 48.8 Å². The van der Waals surface area contributed by atoms with Crippen molar-refractivity contribution in [3.8, 4) is 11.6 Å². The molecular formula is C17H21Cl2N3O3. The van der Waals surface area contributed by atoms with Crippen LogP contribution in [0.5, 0.6) is 5.88 Å². The van der Waals surface area contributed by atoms with Crippen LogP contribution in [0.1, 0.15) is 0 Å². The Kier molecular flexibility index (Phi) is 6.95. The lowest BCUT2D eigenvalue weighted by Crippen LogP contribution is -2.38. The summed E-state index contributed by atoms with van der Waals surface area (Å²) in [4.78, 5) is 2.34. The summed E-state index contributed by atoms with van der Waals surface area (Å²) in [7, 11) is 0. The molecule has 0 radical (unpaired) electrons. The van der Waals surface area contributed by atoms with Crippen LogP contribution in [0.3, 0.4) is 0 Å². The van der Waals surface area contributed by atoms with E-state index in [4.69, 9.17) is 37.4 Å². The quantitative estimate of drug-likeness (QED) is 0.653. The number of ether oxygens (including phenoxy) is 3. The van der Waals surface area contributed by atoms with Crippen LogP contribution in [0.2, 0.25) is 10.0 Å². The molecule has 1 fully saturated rings. The van der Waals surface area contributed by atoms with Crippen LogP contribution in [0.15, 0.2) is 30.5 Å². The zero-order chi connectivity index (χ0) is 17.5. The lowest BCUT2D eigenvalue weighted by atomic mass is 10.3. The molecule has 1 aromatic heterocycles. The van der Waals surface area contributed by atoms with E-state index in [-0.39, 0.29) is 0 Å². The highest BCUT2D eigenvalue weighted by molar-refractivity contribution is 6.42. The molecule has 0 bridgehead atoms. The van der Waals surface area contributed by atoms with Crippen molar-refractivity contribution in [2.45, 2.75) is 0 Å². The molecule has 25 heavy (non-hydrogen) atoms. The van der Waals surface area contributed by atoms with Gasteiger partial charge in [0.05, 0.1) is 42.2 Å². The van der Waals surface area contributed by atoms with E-state index in [0.29, 0.717) is 35.7 Å². The molecular weight excluding hydrogens is 365 g/mol. The first kappa shape index (κ1) is 18.5. The standard InChI is InChI=1S/C17H21Cl2N3O3/c18-15-2-1-14(13-16(15)19)22-4-3-17(20-22)25-12-11-24-10-7-21-5-8-23-9-6-21/h1-4,13H,5-12H2. The van der Waals surface area contributed by atoms with Gasteiger partial charge in [0.2, 0.25) is 5.88 Å². The first-order chi connectivity index (χ1) is 12.2. The fraction of sp³-hybridized carbons (Fsp3) is 0.471. The predicted octanol–water partition coefficient (Wildman–Crippen LogP) is 2.91. The van der Waals surface area contributed by atoms with Gasteiger partial charge in [-0.25, -0.2) is 4.68 Å². The largest absolute Gasteiger partial charge is 0.474 e. The number of benzene rings is 1. The Balaban J connectivity index is 1.36. The molecule has 1 saturated heterocycles. The third-order valence-electron chi connectivity index (χ3n) is 3.87. The summed E-state index contributed by atoms with van der Waals surface area (Å²) in [6.45, 7) is 6.19. The maximum Gasteiger partial charge on any atom is 0.233 e. The predicted molar refractivity (Wildman–Crippen MR) is 97.2 cm³/mol. The molecule has 0 aliphatic carbocycles. The Hall–Kier alpha value is -1.31. The molecule has 2 heterocycles. The zero-order valence-electron chi connectivity index (χ0n) is 13.9. The minimum absolute atomic E-state index is 0.460. The number of rotatable bonds is 8. The summed E-state index contributed by atoms with van der Waals surface area (Å²) in [5.41, 5.74) is 0.825. The summed E-state index contributed by atoms with van der Waals surface area (Å²) in [6.07, 6.45) is 1.81. The first-order valence-electron chi connectivity index (χ1n) is 8.24. The normalized spacial score (nSPS) is 15.4. The van der Waals surface area contributed by atoms with Crippen LogP contribution in [-0.2, 0) is 9.47 Å². The average Bonchev–Trinajstić information content (AvgIpc) is 3.10. The fourth-order valence-corrected chi connectivity index (χ4v) is 2.77. The van der Waals surface area contributed by atoms with Crippen molar-refractivity contribution in [1.29, 1.82) is 0 Å². The average molecular weight is 386 g/mol.